The van der Waals surface area contributed by atoms with Crippen LogP contribution in [0.4, 0.5) is 0 Å². The van der Waals surface area contributed by atoms with E-state index in [1.165, 1.54) is 14.2 Å². The maximum atomic E-state index is 12.0. The first-order chi connectivity index (χ1) is 8.59. The number of alkyl halides is 1. The van der Waals surface area contributed by atoms with Gasteiger partial charge < -0.3 is 9.47 Å². The SMILES string of the molecule is COC(=O)C1CCCC(CCCCl)(C(=O)OC)C1. The van der Waals surface area contributed by atoms with Gasteiger partial charge in [0.05, 0.1) is 25.6 Å². The molecular weight excluding hydrogens is 256 g/mol. The lowest BCUT2D eigenvalue weighted by molar-refractivity contribution is -0.160. The maximum absolute atomic E-state index is 12.0. The molecule has 104 valence electrons. The Labute approximate surface area is 113 Å². The monoisotopic (exact) mass is 276 g/mol. The molecule has 5 heteroatoms. The summed E-state index contributed by atoms with van der Waals surface area (Å²) in [7, 11) is 2.78. The van der Waals surface area contributed by atoms with Gasteiger partial charge in [-0.1, -0.05) is 6.42 Å². The highest BCUT2D eigenvalue weighted by Gasteiger charge is 2.45. The van der Waals surface area contributed by atoms with E-state index in [1.807, 2.05) is 0 Å². The lowest BCUT2D eigenvalue weighted by atomic mass is 9.67. The fourth-order valence-corrected chi connectivity index (χ4v) is 3.00. The van der Waals surface area contributed by atoms with Crippen molar-refractivity contribution in [3.05, 3.63) is 0 Å². The number of halogens is 1. The van der Waals surface area contributed by atoms with Crippen molar-refractivity contribution in [2.45, 2.75) is 38.5 Å². The van der Waals surface area contributed by atoms with E-state index >= 15 is 0 Å². The first-order valence-electron chi connectivity index (χ1n) is 6.32. The largest absolute Gasteiger partial charge is 0.469 e. The molecule has 0 heterocycles. The Morgan fingerprint density at radius 1 is 1.33 bits per heavy atom. The van der Waals surface area contributed by atoms with Gasteiger partial charge >= 0.3 is 11.9 Å². The number of carbonyl (C=O) groups excluding carboxylic acids is 2. The second-order valence-corrected chi connectivity index (χ2v) is 5.26. The minimum absolute atomic E-state index is 0.196. The molecule has 0 aliphatic heterocycles. The number of hydrogen-bond donors (Lipinski definition) is 0. The number of methoxy groups -OCH3 is 2. The number of rotatable bonds is 5. The van der Waals surface area contributed by atoms with E-state index in [-0.39, 0.29) is 17.9 Å². The molecule has 1 fully saturated rings. The molecule has 0 amide bonds. The summed E-state index contributed by atoms with van der Waals surface area (Å²) in [5.41, 5.74) is -0.555. The van der Waals surface area contributed by atoms with Crippen molar-refractivity contribution < 1.29 is 19.1 Å². The van der Waals surface area contributed by atoms with Gasteiger partial charge in [0.1, 0.15) is 0 Å². The number of ether oxygens (including phenoxy) is 2. The highest BCUT2D eigenvalue weighted by atomic mass is 35.5. The molecule has 0 aromatic heterocycles. The van der Waals surface area contributed by atoms with Gasteiger partial charge in [0.2, 0.25) is 0 Å². The third-order valence-electron chi connectivity index (χ3n) is 3.79. The standard InChI is InChI=1S/C13H21ClO4/c1-17-11(15)10-5-3-6-13(9-10,7-4-8-14)12(16)18-2/h10H,3-9H2,1-2H3. The molecule has 0 bridgehead atoms. The molecule has 1 aliphatic carbocycles. The maximum Gasteiger partial charge on any atom is 0.311 e. The molecule has 0 saturated heterocycles. The van der Waals surface area contributed by atoms with Gasteiger partial charge in [-0.15, -0.1) is 11.6 Å². The quantitative estimate of drug-likeness (QED) is 0.572. The van der Waals surface area contributed by atoms with Crippen LogP contribution < -0.4 is 0 Å². The normalized spacial score (nSPS) is 27.6. The van der Waals surface area contributed by atoms with E-state index in [0.717, 1.165) is 25.7 Å². The number of esters is 2. The average molecular weight is 277 g/mol. The molecule has 0 aromatic carbocycles. The summed E-state index contributed by atoms with van der Waals surface area (Å²) < 4.78 is 9.70. The molecule has 0 spiro atoms. The van der Waals surface area contributed by atoms with Crippen molar-refractivity contribution in [3.8, 4) is 0 Å². The van der Waals surface area contributed by atoms with Crippen molar-refractivity contribution in [3.63, 3.8) is 0 Å². The van der Waals surface area contributed by atoms with Gasteiger partial charge in [-0.3, -0.25) is 9.59 Å². The second-order valence-electron chi connectivity index (χ2n) is 4.88. The Morgan fingerprint density at radius 2 is 2.06 bits per heavy atom. The molecule has 2 atom stereocenters. The van der Waals surface area contributed by atoms with E-state index in [1.54, 1.807) is 0 Å². The molecule has 1 rings (SSSR count). The van der Waals surface area contributed by atoms with Crippen LogP contribution in [0, 0.1) is 11.3 Å². The van der Waals surface area contributed by atoms with Gasteiger partial charge in [0.25, 0.3) is 0 Å². The van der Waals surface area contributed by atoms with Crippen LogP contribution in [0.3, 0.4) is 0 Å². The summed E-state index contributed by atoms with van der Waals surface area (Å²) in [6.45, 7) is 0. The zero-order valence-electron chi connectivity index (χ0n) is 11.0. The second kappa shape index (κ2) is 6.98. The molecule has 1 saturated carbocycles. The molecule has 0 radical (unpaired) electrons. The van der Waals surface area contributed by atoms with Crippen LogP contribution in [0.25, 0.3) is 0 Å². The Morgan fingerprint density at radius 3 is 2.61 bits per heavy atom. The van der Waals surface area contributed by atoms with Gasteiger partial charge in [0.15, 0.2) is 0 Å². The molecule has 0 N–H and O–H groups in total. The van der Waals surface area contributed by atoms with Crippen molar-refractivity contribution >= 4 is 23.5 Å². The Kier molecular flexibility index (Phi) is 5.93. The van der Waals surface area contributed by atoms with Crippen LogP contribution in [-0.2, 0) is 19.1 Å². The lowest BCUT2D eigenvalue weighted by Gasteiger charge is -2.37. The van der Waals surface area contributed by atoms with Gasteiger partial charge in [-0.25, -0.2) is 0 Å². The van der Waals surface area contributed by atoms with E-state index in [4.69, 9.17) is 21.1 Å². The van der Waals surface area contributed by atoms with Gasteiger partial charge in [-0.2, -0.15) is 0 Å². The van der Waals surface area contributed by atoms with Crippen LogP contribution >= 0.6 is 11.6 Å². The van der Waals surface area contributed by atoms with Crippen molar-refractivity contribution in [2.75, 3.05) is 20.1 Å². The fourth-order valence-electron chi connectivity index (χ4n) is 2.87. The van der Waals surface area contributed by atoms with E-state index < -0.39 is 5.41 Å². The van der Waals surface area contributed by atoms with Crippen LogP contribution in [-0.4, -0.2) is 32.0 Å². The summed E-state index contributed by atoms with van der Waals surface area (Å²) in [6.07, 6.45) is 4.35. The summed E-state index contributed by atoms with van der Waals surface area (Å²) in [6, 6.07) is 0. The molecule has 1 aliphatic rings. The minimum Gasteiger partial charge on any atom is -0.469 e. The Balaban J connectivity index is 2.82. The Bertz CT molecular complexity index is 305. The first-order valence-corrected chi connectivity index (χ1v) is 6.85. The smallest absolute Gasteiger partial charge is 0.311 e. The average Bonchev–Trinajstić information content (AvgIpc) is 2.43. The van der Waals surface area contributed by atoms with Crippen molar-refractivity contribution in [1.29, 1.82) is 0 Å². The first kappa shape index (κ1) is 15.3. The molecule has 4 nitrogen and oxygen atoms in total. The van der Waals surface area contributed by atoms with Crippen molar-refractivity contribution in [1.82, 2.24) is 0 Å². The highest BCUT2D eigenvalue weighted by Crippen LogP contribution is 2.44. The summed E-state index contributed by atoms with van der Waals surface area (Å²) >= 11 is 5.71. The topological polar surface area (TPSA) is 52.6 Å². The molecule has 0 aromatic rings. The van der Waals surface area contributed by atoms with Crippen LogP contribution in [0.2, 0.25) is 0 Å². The fraction of sp³-hybridized carbons (Fsp3) is 0.846. The number of carbonyl (C=O) groups is 2. The minimum atomic E-state index is -0.555. The summed E-state index contributed by atoms with van der Waals surface area (Å²) in [5, 5.41) is 0. The predicted octanol–water partition coefficient (Wildman–Crippen LogP) is 2.53. The molecule has 18 heavy (non-hydrogen) atoms. The van der Waals surface area contributed by atoms with Gasteiger partial charge in [-0.05, 0) is 32.1 Å². The van der Waals surface area contributed by atoms with Gasteiger partial charge in [0, 0.05) is 5.88 Å². The molecule has 2 unspecified atom stereocenters. The summed E-state index contributed by atoms with van der Waals surface area (Å²) in [5.74, 6) is -0.130. The third kappa shape index (κ3) is 3.37. The highest BCUT2D eigenvalue weighted by molar-refractivity contribution is 6.17. The zero-order chi connectivity index (χ0) is 13.6. The lowest BCUT2D eigenvalue weighted by Crippen LogP contribution is -2.39. The predicted molar refractivity (Wildman–Crippen MR) is 68.4 cm³/mol. The van der Waals surface area contributed by atoms with Crippen LogP contribution in [0.1, 0.15) is 38.5 Å². The Hall–Kier alpha value is -0.770. The van der Waals surface area contributed by atoms with E-state index in [9.17, 15) is 9.59 Å². The molecular formula is C13H21ClO4. The van der Waals surface area contributed by atoms with Crippen LogP contribution in [0.15, 0.2) is 0 Å². The zero-order valence-corrected chi connectivity index (χ0v) is 11.8. The number of hydrogen-bond acceptors (Lipinski definition) is 4. The third-order valence-corrected chi connectivity index (χ3v) is 4.05. The van der Waals surface area contributed by atoms with E-state index in [0.29, 0.717) is 18.7 Å². The van der Waals surface area contributed by atoms with Crippen molar-refractivity contribution in [2.24, 2.45) is 11.3 Å². The van der Waals surface area contributed by atoms with Crippen LogP contribution in [0.5, 0.6) is 0 Å². The summed E-state index contributed by atoms with van der Waals surface area (Å²) in [4.78, 5) is 23.7. The van der Waals surface area contributed by atoms with E-state index in [2.05, 4.69) is 0 Å².